The minimum Gasteiger partial charge on any atom is -0.408 e. The van der Waals surface area contributed by atoms with E-state index in [0.717, 1.165) is 36.1 Å². The van der Waals surface area contributed by atoms with Gasteiger partial charge in [0.05, 0.1) is 17.0 Å². The van der Waals surface area contributed by atoms with Gasteiger partial charge < -0.3 is 9.32 Å². The number of aromatic nitrogens is 4. The van der Waals surface area contributed by atoms with E-state index in [1.165, 1.54) is 18.2 Å². The molecule has 0 radical (unpaired) electrons. The van der Waals surface area contributed by atoms with Crippen LogP contribution in [-0.2, 0) is 13.0 Å². The van der Waals surface area contributed by atoms with E-state index in [1.807, 2.05) is 18.2 Å². The van der Waals surface area contributed by atoms with Crippen LogP contribution < -0.4 is 4.90 Å². The summed E-state index contributed by atoms with van der Waals surface area (Å²) in [6.07, 6.45) is 2.67. The monoisotopic (exact) mass is 447 g/mol. The second-order valence-corrected chi connectivity index (χ2v) is 8.30. The highest BCUT2D eigenvalue weighted by molar-refractivity contribution is 5.61. The minimum atomic E-state index is -0.641. The van der Waals surface area contributed by atoms with E-state index in [2.05, 4.69) is 37.4 Å². The maximum Gasteiger partial charge on any atom is 0.318 e. The van der Waals surface area contributed by atoms with Gasteiger partial charge in [-0.25, -0.2) is 8.78 Å². The number of halogens is 2. The normalized spacial score (nSPS) is 15.3. The first kappa shape index (κ1) is 21.2. The molecule has 168 valence electrons. The lowest BCUT2D eigenvalue weighted by atomic mass is 9.86. The number of hydrogen-bond donors (Lipinski definition) is 0. The van der Waals surface area contributed by atoms with Crippen LogP contribution in [0.25, 0.3) is 11.3 Å². The number of benzene rings is 2. The lowest BCUT2D eigenvalue weighted by molar-refractivity contribution is 0.468. The fourth-order valence-corrected chi connectivity index (χ4v) is 4.40. The van der Waals surface area contributed by atoms with Gasteiger partial charge in [-0.05, 0) is 48.6 Å². The lowest BCUT2D eigenvalue weighted by Gasteiger charge is -2.29. The Balaban J connectivity index is 1.45. The molecule has 8 heteroatoms. The average Bonchev–Trinajstić information content (AvgIpc) is 3.25. The Morgan fingerprint density at radius 1 is 0.970 bits per heavy atom. The lowest BCUT2D eigenvalue weighted by Crippen LogP contribution is -2.31. The molecule has 2 aromatic carbocycles. The van der Waals surface area contributed by atoms with Crippen molar-refractivity contribution in [3.63, 3.8) is 0 Å². The third-order valence-corrected chi connectivity index (χ3v) is 5.95. The van der Waals surface area contributed by atoms with Crippen molar-refractivity contribution in [2.24, 2.45) is 0 Å². The second-order valence-electron chi connectivity index (χ2n) is 8.30. The molecule has 0 bridgehead atoms. The van der Waals surface area contributed by atoms with Crippen LogP contribution in [0.5, 0.6) is 0 Å². The van der Waals surface area contributed by atoms with E-state index >= 15 is 0 Å². The predicted octanol–water partition coefficient (Wildman–Crippen LogP) is 5.24. The zero-order chi connectivity index (χ0) is 22.8. The second kappa shape index (κ2) is 9.05. The quantitative estimate of drug-likeness (QED) is 0.403. The van der Waals surface area contributed by atoms with E-state index < -0.39 is 11.6 Å². The number of anilines is 1. The maximum absolute atomic E-state index is 14.3. The highest BCUT2D eigenvalue weighted by Crippen LogP contribution is 2.34. The van der Waals surface area contributed by atoms with E-state index in [1.54, 1.807) is 13.0 Å². The molecule has 0 N–H and O–H groups in total. The van der Waals surface area contributed by atoms with Crippen LogP contribution in [0.3, 0.4) is 0 Å². The van der Waals surface area contributed by atoms with Gasteiger partial charge in [0.15, 0.2) is 0 Å². The molecule has 0 saturated carbocycles. The zero-order valence-electron chi connectivity index (χ0n) is 18.2. The molecule has 1 aliphatic carbocycles. The van der Waals surface area contributed by atoms with Gasteiger partial charge in [-0.3, -0.25) is 0 Å². The molecule has 1 unspecified atom stereocenters. The van der Waals surface area contributed by atoms with Crippen LogP contribution >= 0.6 is 0 Å². The van der Waals surface area contributed by atoms with Gasteiger partial charge >= 0.3 is 6.01 Å². The van der Waals surface area contributed by atoms with E-state index in [0.29, 0.717) is 25.0 Å². The van der Waals surface area contributed by atoms with E-state index in [9.17, 15) is 8.78 Å². The summed E-state index contributed by atoms with van der Waals surface area (Å²) >= 11 is 0. The maximum atomic E-state index is 14.3. The van der Waals surface area contributed by atoms with Crippen molar-refractivity contribution < 1.29 is 13.2 Å². The van der Waals surface area contributed by atoms with Crippen LogP contribution in [0.1, 0.15) is 41.5 Å². The Labute approximate surface area is 190 Å². The number of nitrogens with zero attached hydrogens (tertiary/aromatic N) is 5. The predicted molar refractivity (Wildman–Crippen MR) is 120 cm³/mol. The summed E-state index contributed by atoms with van der Waals surface area (Å²) in [5.74, 6) is -0.699. The third kappa shape index (κ3) is 4.46. The first-order valence-corrected chi connectivity index (χ1v) is 11.0. The van der Waals surface area contributed by atoms with Crippen LogP contribution in [0.4, 0.5) is 14.8 Å². The Kier molecular flexibility index (Phi) is 5.81. The molecule has 0 fully saturated rings. The molecule has 1 atom stereocenters. The van der Waals surface area contributed by atoms with Gasteiger partial charge in [0.1, 0.15) is 11.6 Å². The number of hydrogen-bond acceptors (Lipinski definition) is 6. The van der Waals surface area contributed by atoms with E-state index in [-0.39, 0.29) is 17.2 Å². The molecule has 2 aromatic heterocycles. The van der Waals surface area contributed by atoms with Crippen molar-refractivity contribution in [3.05, 3.63) is 88.9 Å². The van der Waals surface area contributed by atoms with Crippen LogP contribution in [0.2, 0.25) is 0 Å². The summed E-state index contributed by atoms with van der Waals surface area (Å²) < 4.78 is 34.3. The minimum absolute atomic E-state index is 0.0803. The molecule has 0 amide bonds. The molecule has 2 heterocycles. The summed E-state index contributed by atoms with van der Waals surface area (Å²) in [7, 11) is 0. The molecule has 0 saturated heterocycles. The van der Waals surface area contributed by atoms with Gasteiger partial charge in [0.25, 0.3) is 0 Å². The van der Waals surface area contributed by atoms with Crippen molar-refractivity contribution in [2.45, 2.75) is 38.6 Å². The number of fused-ring (bicyclic) bond motifs is 1. The van der Waals surface area contributed by atoms with Crippen molar-refractivity contribution in [1.29, 1.82) is 0 Å². The van der Waals surface area contributed by atoms with Crippen molar-refractivity contribution in [2.75, 3.05) is 11.4 Å². The Morgan fingerprint density at radius 2 is 1.76 bits per heavy atom. The van der Waals surface area contributed by atoms with Gasteiger partial charge in [0, 0.05) is 25.9 Å². The summed E-state index contributed by atoms with van der Waals surface area (Å²) in [5.41, 5.74) is 3.04. The van der Waals surface area contributed by atoms with Gasteiger partial charge in [0.2, 0.25) is 5.89 Å². The van der Waals surface area contributed by atoms with Gasteiger partial charge in [-0.2, -0.15) is 10.2 Å². The van der Waals surface area contributed by atoms with E-state index in [4.69, 9.17) is 4.42 Å². The summed E-state index contributed by atoms with van der Waals surface area (Å²) in [5, 5.41) is 16.9. The van der Waals surface area contributed by atoms with Crippen molar-refractivity contribution in [3.8, 4) is 11.3 Å². The summed E-state index contributed by atoms with van der Waals surface area (Å²) in [6.45, 7) is 2.99. The fraction of sp³-hybridized carbons (Fsp3) is 0.280. The molecule has 0 spiro atoms. The Morgan fingerprint density at radius 3 is 2.48 bits per heavy atom. The summed E-state index contributed by atoms with van der Waals surface area (Å²) in [6, 6.07) is 16.1. The molecule has 0 aliphatic heterocycles. The molecule has 1 aliphatic rings. The smallest absolute Gasteiger partial charge is 0.318 e. The van der Waals surface area contributed by atoms with Gasteiger partial charge in [-0.15, -0.1) is 5.10 Å². The standard InChI is InChI=1S/C25H23F2N5O/c1-16-28-31-25(33-16)32(14-17-7-3-2-4-8-17)15-19-10-5-9-18-13-22(29-30-24(18)19)23-20(26)11-6-12-21(23)27/h2-4,6-8,11-13,19H,5,9-10,14-15H2,1H3. The number of aryl methyl sites for hydroxylation is 2. The average molecular weight is 447 g/mol. The van der Waals surface area contributed by atoms with Gasteiger partial charge in [-0.1, -0.05) is 41.5 Å². The molecule has 4 aromatic rings. The van der Waals surface area contributed by atoms with Crippen molar-refractivity contribution in [1.82, 2.24) is 20.4 Å². The summed E-state index contributed by atoms with van der Waals surface area (Å²) in [4.78, 5) is 2.06. The first-order chi connectivity index (χ1) is 16.1. The number of rotatable bonds is 6. The van der Waals surface area contributed by atoms with Crippen LogP contribution in [-0.4, -0.2) is 26.9 Å². The van der Waals surface area contributed by atoms with Crippen LogP contribution in [0.15, 0.2) is 59.0 Å². The highest BCUT2D eigenvalue weighted by Gasteiger charge is 2.28. The SMILES string of the molecule is Cc1nnc(N(Cc2ccccc2)CC2CCCc3cc(-c4c(F)cccc4F)nnc32)o1. The fourth-order valence-electron chi connectivity index (χ4n) is 4.40. The molecular weight excluding hydrogens is 424 g/mol. The highest BCUT2D eigenvalue weighted by atomic mass is 19.1. The van der Waals surface area contributed by atoms with Crippen LogP contribution in [0, 0.1) is 18.6 Å². The molecule has 5 rings (SSSR count). The third-order valence-electron chi connectivity index (χ3n) is 5.95. The Hall–Kier alpha value is -3.68. The van der Waals surface area contributed by atoms with Crippen molar-refractivity contribution >= 4 is 6.01 Å². The largest absolute Gasteiger partial charge is 0.408 e. The zero-order valence-corrected chi connectivity index (χ0v) is 18.2. The molecular formula is C25H23F2N5O. The topological polar surface area (TPSA) is 67.9 Å². The first-order valence-electron chi connectivity index (χ1n) is 11.0. The molecule has 33 heavy (non-hydrogen) atoms. The molecule has 6 nitrogen and oxygen atoms in total. The Bertz CT molecular complexity index is 1240.